The summed E-state index contributed by atoms with van der Waals surface area (Å²) in [6.07, 6.45) is 3.20. The van der Waals surface area contributed by atoms with Crippen LogP contribution < -0.4 is 5.32 Å². The van der Waals surface area contributed by atoms with Crippen molar-refractivity contribution in [3.05, 3.63) is 34.3 Å². The van der Waals surface area contributed by atoms with Gasteiger partial charge in [0.25, 0.3) is 0 Å². The molecule has 0 aromatic heterocycles. The van der Waals surface area contributed by atoms with Crippen LogP contribution in [0.5, 0.6) is 0 Å². The largest absolute Gasteiger partial charge is 0.379 e. The lowest BCUT2D eigenvalue weighted by atomic mass is 9.94. The van der Waals surface area contributed by atoms with Crippen molar-refractivity contribution >= 4 is 15.9 Å². The molecule has 0 radical (unpaired) electrons. The summed E-state index contributed by atoms with van der Waals surface area (Å²) in [5, 5.41) is 3.63. The molecule has 0 aliphatic heterocycles. The number of nitrogens with one attached hydrogen (secondary N) is 1. The lowest BCUT2D eigenvalue weighted by molar-refractivity contribution is 0.00714. The Morgan fingerprint density at radius 2 is 2.11 bits per heavy atom. The number of hydrogen-bond acceptors (Lipinski definition) is 2. The maximum absolute atomic E-state index is 5.56. The highest BCUT2D eigenvalue weighted by Crippen LogP contribution is 2.20. The van der Waals surface area contributed by atoms with Crippen LogP contribution in [0.4, 0.5) is 0 Å². The molecule has 1 aromatic carbocycles. The SMILES string of the molecule is CCCNC(Cc1cccc(Br)c1)CC(C)(C)OC. The second-order valence-corrected chi connectivity index (χ2v) is 6.57. The number of ether oxygens (including phenoxy) is 1. The predicted octanol–water partition coefficient (Wildman–Crippen LogP) is 4.17. The molecule has 0 saturated carbocycles. The molecule has 0 fully saturated rings. The zero-order valence-corrected chi connectivity index (χ0v) is 14.1. The topological polar surface area (TPSA) is 21.3 Å². The Morgan fingerprint density at radius 3 is 2.68 bits per heavy atom. The van der Waals surface area contributed by atoms with E-state index in [9.17, 15) is 0 Å². The molecule has 19 heavy (non-hydrogen) atoms. The molecule has 1 unspecified atom stereocenters. The summed E-state index contributed by atoms with van der Waals surface area (Å²) in [7, 11) is 1.79. The van der Waals surface area contributed by atoms with E-state index in [1.807, 2.05) is 0 Å². The second kappa shape index (κ2) is 8.03. The fourth-order valence-corrected chi connectivity index (χ4v) is 2.64. The summed E-state index contributed by atoms with van der Waals surface area (Å²) >= 11 is 3.53. The van der Waals surface area contributed by atoms with Gasteiger partial charge < -0.3 is 10.1 Å². The molecule has 1 N–H and O–H groups in total. The molecule has 0 heterocycles. The van der Waals surface area contributed by atoms with Crippen molar-refractivity contribution in [3.63, 3.8) is 0 Å². The molecule has 1 aromatic rings. The summed E-state index contributed by atoms with van der Waals surface area (Å²) in [5.41, 5.74) is 1.27. The van der Waals surface area contributed by atoms with Crippen molar-refractivity contribution in [1.82, 2.24) is 5.32 Å². The first kappa shape index (κ1) is 16.7. The van der Waals surface area contributed by atoms with E-state index in [0.717, 1.165) is 30.3 Å². The highest BCUT2D eigenvalue weighted by molar-refractivity contribution is 9.10. The zero-order chi connectivity index (χ0) is 14.3. The summed E-state index contributed by atoms with van der Waals surface area (Å²) in [6.45, 7) is 7.55. The molecule has 0 saturated heterocycles. The Morgan fingerprint density at radius 1 is 1.37 bits per heavy atom. The van der Waals surface area contributed by atoms with Gasteiger partial charge in [-0.1, -0.05) is 35.0 Å². The fraction of sp³-hybridized carbons (Fsp3) is 0.625. The number of rotatable bonds is 8. The van der Waals surface area contributed by atoms with Gasteiger partial charge in [-0.3, -0.25) is 0 Å². The minimum absolute atomic E-state index is 0.0859. The molecule has 1 atom stereocenters. The minimum atomic E-state index is -0.0859. The van der Waals surface area contributed by atoms with Crippen LogP contribution in [0.3, 0.4) is 0 Å². The first-order valence-corrected chi connectivity index (χ1v) is 7.79. The molecule has 1 rings (SSSR count). The van der Waals surface area contributed by atoms with E-state index in [2.05, 4.69) is 66.3 Å². The van der Waals surface area contributed by atoms with E-state index in [4.69, 9.17) is 4.74 Å². The van der Waals surface area contributed by atoms with Gasteiger partial charge in [0.05, 0.1) is 5.60 Å². The Balaban J connectivity index is 2.68. The van der Waals surface area contributed by atoms with E-state index in [-0.39, 0.29) is 5.60 Å². The van der Waals surface area contributed by atoms with Crippen LogP contribution in [0, 0.1) is 0 Å². The average Bonchev–Trinajstić information content (AvgIpc) is 2.35. The monoisotopic (exact) mass is 327 g/mol. The number of benzene rings is 1. The van der Waals surface area contributed by atoms with E-state index >= 15 is 0 Å². The smallest absolute Gasteiger partial charge is 0.0637 e. The summed E-state index contributed by atoms with van der Waals surface area (Å²) in [6, 6.07) is 8.99. The Hall–Kier alpha value is -0.380. The Bertz CT molecular complexity index is 379. The van der Waals surface area contributed by atoms with Crippen molar-refractivity contribution in [1.29, 1.82) is 0 Å². The normalized spacial score (nSPS) is 13.5. The van der Waals surface area contributed by atoms with Crippen molar-refractivity contribution in [3.8, 4) is 0 Å². The molecular weight excluding hydrogens is 302 g/mol. The summed E-state index contributed by atoms with van der Waals surface area (Å²) in [4.78, 5) is 0. The zero-order valence-electron chi connectivity index (χ0n) is 12.5. The molecule has 108 valence electrons. The van der Waals surface area contributed by atoms with Gasteiger partial charge in [-0.05, 0) is 57.4 Å². The van der Waals surface area contributed by atoms with Gasteiger partial charge >= 0.3 is 0 Å². The van der Waals surface area contributed by atoms with Crippen LogP contribution in [0.15, 0.2) is 28.7 Å². The highest BCUT2D eigenvalue weighted by Gasteiger charge is 2.22. The maximum atomic E-state index is 5.56. The first-order chi connectivity index (χ1) is 8.96. The minimum Gasteiger partial charge on any atom is -0.379 e. The number of halogens is 1. The maximum Gasteiger partial charge on any atom is 0.0637 e. The van der Waals surface area contributed by atoms with Crippen LogP contribution >= 0.6 is 15.9 Å². The quantitative estimate of drug-likeness (QED) is 0.773. The third-order valence-corrected chi connectivity index (χ3v) is 3.84. The lowest BCUT2D eigenvalue weighted by Gasteiger charge is -2.29. The van der Waals surface area contributed by atoms with Crippen molar-refractivity contribution in [2.24, 2.45) is 0 Å². The van der Waals surface area contributed by atoms with E-state index in [0.29, 0.717) is 6.04 Å². The molecule has 0 amide bonds. The third kappa shape index (κ3) is 6.55. The standard InChI is InChI=1S/C16H26BrNO/c1-5-9-18-15(12-16(2,3)19-4)11-13-7-6-8-14(17)10-13/h6-8,10,15,18H,5,9,11-12H2,1-4H3. The van der Waals surface area contributed by atoms with Gasteiger partial charge in [0.15, 0.2) is 0 Å². The van der Waals surface area contributed by atoms with Gasteiger partial charge in [0, 0.05) is 17.6 Å². The van der Waals surface area contributed by atoms with Gasteiger partial charge in [-0.15, -0.1) is 0 Å². The summed E-state index contributed by atoms with van der Waals surface area (Å²) < 4.78 is 6.70. The number of methoxy groups -OCH3 is 1. The van der Waals surface area contributed by atoms with Crippen LogP contribution in [-0.4, -0.2) is 25.3 Å². The van der Waals surface area contributed by atoms with Gasteiger partial charge in [-0.25, -0.2) is 0 Å². The van der Waals surface area contributed by atoms with Gasteiger partial charge in [-0.2, -0.15) is 0 Å². The Kier molecular flexibility index (Phi) is 7.05. The molecule has 2 nitrogen and oxygen atoms in total. The molecule has 0 aliphatic carbocycles. The van der Waals surface area contributed by atoms with Crippen molar-refractivity contribution in [2.75, 3.05) is 13.7 Å². The molecule has 0 aliphatic rings. The second-order valence-electron chi connectivity index (χ2n) is 5.65. The Labute approximate surface area is 126 Å². The highest BCUT2D eigenvalue weighted by atomic mass is 79.9. The average molecular weight is 328 g/mol. The number of hydrogen-bond donors (Lipinski definition) is 1. The molecule has 0 bridgehead atoms. The van der Waals surface area contributed by atoms with E-state index in [1.165, 1.54) is 5.56 Å². The molecule has 3 heteroatoms. The fourth-order valence-electron chi connectivity index (χ4n) is 2.19. The van der Waals surface area contributed by atoms with Crippen LogP contribution in [0.2, 0.25) is 0 Å². The van der Waals surface area contributed by atoms with Crippen molar-refractivity contribution in [2.45, 2.75) is 51.7 Å². The first-order valence-electron chi connectivity index (χ1n) is 7.00. The van der Waals surface area contributed by atoms with Gasteiger partial charge in [0.2, 0.25) is 0 Å². The predicted molar refractivity (Wildman–Crippen MR) is 85.6 cm³/mol. The van der Waals surface area contributed by atoms with E-state index in [1.54, 1.807) is 7.11 Å². The van der Waals surface area contributed by atoms with E-state index < -0.39 is 0 Å². The summed E-state index contributed by atoms with van der Waals surface area (Å²) in [5.74, 6) is 0. The van der Waals surface area contributed by atoms with Crippen molar-refractivity contribution < 1.29 is 4.74 Å². The van der Waals surface area contributed by atoms with Crippen LogP contribution in [-0.2, 0) is 11.2 Å². The van der Waals surface area contributed by atoms with Crippen LogP contribution in [0.25, 0.3) is 0 Å². The third-order valence-electron chi connectivity index (χ3n) is 3.34. The van der Waals surface area contributed by atoms with Gasteiger partial charge in [0.1, 0.15) is 0 Å². The molecular formula is C16H26BrNO. The lowest BCUT2D eigenvalue weighted by Crippen LogP contribution is -2.39. The molecule has 0 spiro atoms. The van der Waals surface area contributed by atoms with Crippen LogP contribution in [0.1, 0.15) is 39.2 Å².